The van der Waals surface area contributed by atoms with Crippen molar-refractivity contribution in [1.82, 2.24) is 9.78 Å². The van der Waals surface area contributed by atoms with Crippen LogP contribution in [0.3, 0.4) is 0 Å². The molecule has 4 nitrogen and oxygen atoms in total. The topological polar surface area (TPSA) is 53.1 Å². The Morgan fingerprint density at radius 3 is 3.00 bits per heavy atom. The van der Waals surface area contributed by atoms with Gasteiger partial charge in [-0.15, -0.1) is 0 Å². The summed E-state index contributed by atoms with van der Waals surface area (Å²) in [5, 5.41) is 5.01. The predicted octanol–water partition coefficient (Wildman–Crippen LogP) is 3.87. The van der Waals surface area contributed by atoms with Crippen LogP contribution >= 0.6 is 27.5 Å². The number of ether oxygens (including phenoxy) is 1. The summed E-state index contributed by atoms with van der Waals surface area (Å²) in [5.74, 6) is -0.643. The Kier molecular flexibility index (Phi) is 3.41. The van der Waals surface area contributed by atoms with E-state index < -0.39 is 5.82 Å². The van der Waals surface area contributed by atoms with Crippen molar-refractivity contribution in [3.05, 3.63) is 21.5 Å². The van der Waals surface area contributed by atoms with Crippen molar-refractivity contribution in [3.8, 4) is 0 Å². The number of benzene rings is 1. The molecule has 1 aromatic carbocycles. The minimum atomic E-state index is -0.643. The molecule has 0 radical (unpaired) electrons. The zero-order valence-corrected chi connectivity index (χ0v) is 12.3. The predicted molar refractivity (Wildman–Crippen MR) is 75.7 cm³/mol. The number of rotatable bonds is 1. The molecule has 1 aliphatic heterocycles. The number of fused-ring (bicyclic) bond motifs is 1. The van der Waals surface area contributed by atoms with Crippen LogP contribution in [0.25, 0.3) is 10.9 Å². The number of halogens is 3. The first-order chi connectivity index (χ1) is 9.09. The summed E-state index contributed by atoms with van der Waals surface area (Å²) < 4.78 is 21.6. The van der Waals surface area contributed by atoms with Gasteiger partial charge in [-0.2, -0.15) is 5.10 Å². The number of hydrogen-bond donors (Lipinski definition) is 1. The molecule has 0 spiro atoms. The van der Waals surface area contributed by atoms with Gasteiger partial charge in [-0.25, -0.2) is 9.07 Å². The van der Waals surface area contributed by atoms with Gasteiger partial charge in [0.2, 0.25) is 0 Å². The van der Waals surface area contributed by atoms with Crippen molar-refractivity contribution >= 4 is 44.1 Å². The zero-order valence-electron chi connectivity index (χ0n) is 10.00. The van der Waals surface area contributed by atoms with E-state index in [0.29, 0.717) is 22.0 Å². The standard InChI is InChI=1S/C12H12BrClFN3O/c13-8-6-5-18(7-3-1-2-4-19-7)17-12(6)11(16)10(15)9(8)14/h5,7H,1-4,16H2. The maximum absolute atomic E-state index is 13.8. The van der Waals surface area contributed by atoms with Gasteiger partial charge in [0.05, 0.1) is 15.2 Å². The van der Waals surface area contributed by atoms with Crippen LogP contribution in [0.2, 0.25) is 5.02 Å². The third-order valence-electron chi connectivity index (χ3n) is 3.30. The summed E-state index contributed by atoms with van der Waals surface area (Å²) in [7, 11) is 0. The zero-order chi connectivity index (χ0) is 13.6. The van der Waals surface area contributed by atoms with E-state index in [1.807, 2.05) is 0 Å². The van der Waals surface area contributed by atoms with Crippen LogP contribution < -0.4 is 5.73 Å². The molecular weight excluding hydrogens is 337 g/mol. The Balaban J connectivity index is 2.14. The number of nitrogen functional groups attached to an aromatic ring is 1. The quantitative estimate of drug-likeness (QED) is 0.628. The van der Waals surface area contributed by atoms with Gasteiger partial charge >= 0.3 is 0 Å². The number of nitrogens with two attached hydrogens (primary N) is 1. The highest BCUT2D eigenvalue weighted by atomic mass is 79.9. The third kappa shape index (κ3) is 2.11. The van der Waals surface area contributed by atoms with Crippen molar-refractivity contribution in [1.29, 1.82) is 0 Å². The Morgan fingerprint density at radius 2 is 2.32 bits per heavy atom. The molecule has 2 N–H and O–H groups in total. The van der Waals surface area contributed by atoms with Crippen molar-refractivity contribution in [3.63, 3.8) is 0 Å². The van der Waals surface area contributed by atoms with Crippen LogP contribution in [0.4, 0.5) is 10.1 Å². The third-order valence-corrected chi connectivity index (χ3v) is 4.70. The fourth-order valence-electron chi connectivity index (χ4n) is 2.27. The lowest BCUT2D eigenvalue weighted by Gasteiger charge is -2.22. The molecule has 2 aromatic rings. The molecule has 1 aromatic heterocycles. The molecular formula is C12H12BrClFN3O. The maximum atomic E-state index is 13.8. The first-order valence-corrected chi connectivity index (χ1v) is 7.19. The van der Waals surface area contributed by atoms with E-state index in [4.69, 9.17) is 22.1 Å². The van der Waals surface area contributed by atoms with Gasteiger partial charge in [0.15, 0.2) is 5.82 Å². The van der Waals surface area contributed by atoms with Crippen molar-refractivity contribution in [2.45, 2.75) is 25.5 Å². The maximum Gasteiger partial charge on any atom is 0.168 e. The minimum absolute atomic E-state index is 0.0193. The Morgan fingerprint density at radius 1 is 1.53 bits per heavy atom. The monoisotopic (exact) mass is 347 g/mol. The molecule has 1 fully saturated rings. The summed E-state index contributed by atoms with van der Waals surface area (Å²) >= 11 is 9.17. The first kappa shape index (κ1) is 13.1. The molecule has 2 heterocycles. The lowest BCUT2D eigenvalue weighted by molar-refractivity contribution is -0.0390. The molecule has 0 amide bonds. The van der Waals surface area contributed by atoms with Crippen LogP contribution in [-0.4, -0.2) is 16.4 Å². The van der Waals surface area contributed by atoms with Gasteiger partial charge < -0.3 is 10.5 Å². The summed E-state index contributed by atoms with van der Waals surface area (Å²) in [5.41, 5.74) is 6.11. The van der Waals surface area contributed by atoms with E-state index in [-0.39, 0.29) is 16.9 Å². The fraction of sp³-hybridized carbons (Fsp3) is 0.417. The van der Waals surface area contributed by atoms with Gasteiger partial charge in [0.1, 0.15) is 11.7 Å². The highest BCUT2D eigenvalue weighted by Crippen LogP contribution is 2.38. The molecule has 19 heavy (non-hydrogen) atoms. The van der Waals surface area contributed by atoms with E-state index in [1.54, 1.807) is 10.9 Å². The molecule has 0 aliphatic carbocycles. The summed E-state index contributed by atoms with van der Waals surface area (Å²) in [4.78, 5) is 0. The molecule has 0 saturated carbocycles. The van der Waals surface area contributed by atoms with Gasteiger partial charge in [-0.3, -0.25) is 0 Å². The van der Waals surface area contributed by atoms with Crippen LogP contribution in [0.1, 0.15) is 25.5 Å². The lowest BCUT2D eigenvalue weighted by atomic mass is 10.2. The van der Waals surface area contributed by atoms with Crippen LogP contribution in [0.5, 0.6) is 0 Å². The van der Waals surface area contributed by atoms with Crippen molar-refractivity contribution in [2.75, 3.05) is 12.3 Å². The molecule has 7 heteroatoms. The summed E-state index contributed by atoms with van der Waals surface area (Å²) in [6.45, 7) is 0.715. The van der Waals surface area contributed by atoms with E-state index >= 15 is 0 Å². The average Bonchev–Trinajstić information content (AvgIpc) is 2.89. The smallest absolute Gasteiger partial charge is 0.168 e. The Bertz CT molecular complexity index is 595. The second-order valence-corrected chi connectivity index (χ2v) is 5.72. The van der Waals surface area contributed by atoms with E-state index in [2.05, 4.69) is 21.0 Å². The second kappa shape index (κ2) is 4.92. The second-order valence-electron chi connectivity index (χ2n) is 4.55. The normalized spacial score (nSPS) is 20.1. The lowest BCUT2D eigenvalue weighted by Crippen LogP contribution is -2.18. The van der Waals surface area contributed by atoms with E-state index in [1.165, 1.54) is 0 Å². The number of nitrogens with zero attached hydrogens (tertiary/aromatic N) is 2. The van der Waals surface area contributed by atoms with E-state index in [0.717, 1.165) is 19.3 Å². The highest BCUT2D eigenvalue weighted by molar-refractivity contribution is 9.10. The molecule has 0 bridgehead atoms. The van der Waals surface area contributed by atoms with Crippen molar-refractivity contribution < 1.29 is 9.13 Å². The molecule has 3 rings (SSSR count). The van der Waals surface area contributed by atoms with Crippen LogP contribution in [-0.2, 0) is 4.74 Å². The number of hydrogen-bond acceptors (Lipinski definition) is 3. The molecule has 1 saturated heterocycles. The van der Waals surface area contributed by atoms with Crippen molar-refractivity contribution in [2.24, 2.45) is 0 Å². The van der Waals surface area contributed by atoms with Gasteiger partial charge in [-0.05, 0) is 35.2 Å². The van der Waals surface area contributed by atoms with Gasteiger partial charge in [0.25, 0.3) is 0 Å². The first-order valence-electron chi connectivity index (χ1n) is 6.02. The summed E-state index contributed by atoms with van der Waals surface area (Å²) in [6, 6.07) is 0. The molecule has 102 valence electrons. The SMILES string of the molecule is Nc1c(F)c(Cl)c(Br)c2cn(C3CCCCO3)nc12. The molecule has 1 aliphatic rings. The number of aromatic nitrogens is 2. The van der Waals surface area contributed by atoms with Crippen LogP contribution in [0, 0.1) is 5.82 Å². The molecule has 1 unspecified atom stereocenters. The fourth-order valence-corrected chi connectivity index (χ4v) is 2.94. The van der Waals surface area contributed by atoms with Crippen LogP contribution in [0.15, 0.2) is 10.7 Å². The Labute approximate surface area is 122 Å². The minimum Gasteiger partial charge on any atom is -0.394 e. The average molecular weight is 349 g/mol. The van der Waals surface area contributed by atoms with Gasteiger partial charge in [-0.1, -0.05) is 11.6 Å². The Hall–Kier alpha value is -0.850. The largest absolute Gasteiger partial charge is 0.394 e. The van der Waals surface area contributed by atoms with Gasteiger partial charge in [0, 0.05) is 18.2 Å². The number of anilines is 1. The molecule has 1 atom stereocenters. The summed E-state index contributed by atoms with van der Waals surface area (Å²) in [6.07, 6.45) is 4.71. The highest BCUT2D eigenvalue weighted by Gasteiger charge is 2.22. The van der Waals surface area contributed by atoms with E-state index in [9.17, 15) is 4.39 Å².